The number of carbonyl (C=O) groups excluding carboxylic acids is 2. The number of ether oxygens (including phenoxy) is 1. The lowest BCUT2D eigenvalue weighted by atomic mass is 9.86. The third-order valence-electron chi connectivity index (χ3n) is 5.54. The van der Waals surface area contributed by atoms with Gasteiger partial charge in [-0.3, -0.25) is 0 Å². The molecule has 0 spiro atoms. The van der Waals surface area contributed by atoms with Crippen molar-refractivity contribution in [1.29, 1.82) is 0 Å². The van der Waals surface area contributed by atoms with Crippen LogP contribution in [-0.2, 0) is 9.53 Å². The second-order valence-electron chi connectivity index (χ2n) is 7.38. The van der Waals surface area contributed by atoms with Crippen molar-refractivity contribution in [1.82, 2.24) is 10.6 Å². The van der Waals surface area contributed by atoms with Crippen LogP contribution < -0.4 is 10.6 Å². The zero-order valence-electron chi connectivity index (χ0n) is 18.0. The first-order valence-corrected chi connectivity index (χ1v) is 10.8. The summed E-state index contributed by atoms with van der Waals surface area (Å²) in [5.74, 6) is 0.0612. The molecule has 6 nitrogen and oxygen atoms in total. The van der Waals surface area contributed by atoms with Crippen molar-refractivity contribution in [2.75, 3.05) is 0 Å². The van der Waals surface area contributed by atoms with Crippen LogP contribution in [0.1, 0.15) is 77.8 Å². The quantitative estimate of drug-likeness (QED) is 0.608. The highest BCUT2D eigenvalue weighted by Crippen LogP contribution is 2.33. The smallest absolute Gasteiger partial charge is 0.338 e. The van der Waals surface area contributed by atoms with Gasteiger partial charge < -0.3 is 20.5 Å². The molecule has 0 radical (unpaired) electrons. The summed E-state index contributed by atoms with van der Waals surface area (Å²) in [7, 11) is 0. The monoisotopic (exact) mass is 402 g/mol. The van der Waals surface area contributed by atoms with E-state index in [9.17, 15) is 14.7 Å². The normalized spacial score (nSPS) is 20.7. The molecule has 2 aliphatic rings. The number of benzene rings is 1. The number of allylic oxidation sites excluding steroid dienone is 1. The van der Waals surface area contributed by atoms with Gasteiger partial charge in [-0.15, -0.1) is 0 Å². The minimum absolute atomic E-state index is 0.0848. The summed E-state index contributed by atoms with van der Waals surface area (Å²) in [6.45, 7) is 7.84. The average molecular weight is 403 g/mol. The van der Waals surface area contributed by atoms with E-state index in [0.29, 0.717) is 29.2 Å². The maximum Gasteiger partial charge on any atom is 0.338 e. The molecule has 2 unspecified atom stereocenters. The van der Waals surface area contributed by atoms with Crippen molar-refractivity contribution >= 4 is 12.0 Å². The molecule has 0 saturated heterocycles. The zero-order valence-corrected chi connectivity index (χ0v) is 18.0. The molecule has 6 heteroatoms. The van der Waals surface area contributed by atoms with E-state index in [-0.39, 0.29) is 17.9 Å². The third-order valence-corrected chi connectivity index (χ3v) is 5.54. The molecule has 1 aliphatic heterocycles. The molecule has 0 aromatic heterocycles. The summed E-state index contributed by atoms with van der Waals surface area (Å²) in [4.78, 5) is 25.1. The molecule has 160 valence electrons. The number of carbonyl (C=O) groups is 2. The second-order valence-corrected chi connectivity index (χ2v) is 7.38. The number of hydrogen-bond acceptors (Lipinski definition) is 4. The van der Waals surface area contributed by atoms with Gasteiger partial charge in [-0.05, 0) is 49.8 Å². The zero-order chi connectivity index (χ0) is 21.4. The van der Waals surface area contributed by atoms with Gasteiger partial charge in [-0.1, -0.05) is 52.2 Å². The van der Waals surface area contributed by atoms with E-state index in [1.807, 2.05) is 27.7 Å². The Kier molecular flexibility index (Phi) is 8.55. The van der Waals surface area contributed by atoms with E-state index in [2.05, 4.69) is 10.6 Å². The van der Waals surface area contributed by atoms with Crippen LogP contribution in [0.3, 0.4) is 0 Å². The van der Waals surface area contributed by atoms with Crippen LogP contribution in [0, 0.1) is 5.92 Å². The lowest BCUT2D eigenvalue weighted by molar-refractivity contribution is -0.147. The topological polar surface area (TPSA) is 87.7 Å². The van der Waals surface area contributed by atoms with Gasteiger partial charge in [0.1, 0.15) is 11.9 Å². The van der Waals surface area contributed by atoms with Crippen LogP contribution in [0.15, 0.2) is 35.5 Å². The molecule has 1 aromatic carbocycles. The van der Waals surface area contributed by atoms with Crippen LogP contribution in [0.2, 0.25) is 0 Å². The van der Waals surface area contributed by atoms with Gasteiger partial charge in [0.25, 0.3) is 0 Å². The van der Waals surface area contributed by atoms with Crippen LogP contribution in [0.5, 0.6) is 5.75 Å². The molecule has 1 fully saturated rings. The standard InChI is InChI=1S/C21H28N2O4.C2H6/c1-3-17-18(20(25)27-13(2)14-8-5-4-6-9-14)19(23-21(26)22-17)15-10-7-11-16(24)12-15;1-2/h7,10-14,19,24H,3-6,8-9H2,1-2H3,(H2,22,23,26);1-2H3. The average Bonchev–Trinajstić information content (AvgIpc) is 2.75. The van der Waals surface area contributed by atoms with Crippen molar-refractivity contribution in [3.05, 3.63) is 41.1 Å². The Labute approximate surface area is 173 Å². The number of urea groups is 1. The number of nitrogens with one attached hydrogen (secondary N) is 2. The lowest BCUT2D eigenvalue weighted by Crippen LogP contribution is -2.46. The van der Waals surface area contributed by atoms with E-state index in [1.54, 1.807) is 24.3 Å². The Morgan fingerprint density at radius 1 is 1.24 bits per heavy atom. The Morgan fingerprint density at radius 2 is 1.93 bits per heavy atom. The fourth-order valence-corrected chi connectivity index (χ4v) is 4.02. The molecule has 0 bridgehead atoms. The van der Waals surface area contributed by atoms with Crippen LogP contribution >= 0.6 is 0 Å². The summed E-state index contributed by atoms with van der Waals surface area (Å²) < 4.78 is 5.83. The van der Waals surface area contributed by atoms with Gasteiger partial charge in [0.2, 0.25) is 0 Å². The van der Waals surface area contributed by atoms with E-state index in [0.717, 1.165) is 12.8 Å². The molecule has 3 N–H and O–H groups in total. The van der Waals surface area contributed by atoms with Crippen molar-refractivity contribution in [2.24, 2.45) is 5.92 Å². The maximum atomic E-state index is 13.1. The Morgan fingerprint density at radius 3 is 2.55 bits per heavy atom. The maximum absolute atomic E-state index is 13.1. The molecule has 2 atom stereocenters. The number of phenolic OH excluding ortho intramolecular Hbond substituents is 1. The Hall–Kier alpha value is -2.50. The molecule has 1 aromatic rings. The summed E-state index contributed by atoms with van der Waals surface area (Å²) >= 11 is 0. The molecule has 1 saturated carbocycles. The summed E-state index contributed by atoms with van der Waals surface area (Å²) in [6, 6.07) is 5.57. The van der Waals surface area contributed by atoms with Crippen molar-refractivity contribution < 1.29 is 19.4 Å². The summed E-state index contributed by atoms with van der Waals surface area (Å²) in [5, 5.41) is 15.3. The molecule has 3 rings (SSSR count). The first kappa shape index (κ1) is 22.8. The first-order valence-electron chi connectivity index (χ1n) is 10.8. The molecular formula is C23H34N2O4. The number of rotatable bonds is 5. The molecule has 29 heavy (non-hydrogen) atoms. The highest BCUT2D eigenvalue weighted by Gasteiger charge is 2.35. The van der Waals surface area contributed by atoms with Gasteiger partial charge in [0.05, 0.1) is 11.6 Å². The third kappa shape index (κ3) is 5.75. The van der Waals surface area contributed by atoms with Crippen molar-refractivity contribution in [2.45, 2.75) is 78.4 Å². The number of esters is 1. The molecule has 1 aliphatic carbocycles. The SMILES string of the molecule is CC.CCC1=C(C(=O)OC(C)C2CCCCC2)C(c2cccc(O)c2)NC(=O)N1. The summed E-state index contributed by atoms with van der Waals surface area (Å²) in [6.07, 6.45) is 6.12. The molecular weight excluding hydrogens is 368 g/mol. The minimum Gasteiger partial charge on any atom is -0.508 e. The number of amides is 2. The molecule has 2 amide bonds. The molecule has 1 heterocycles. The predicted molar refractivity (Wildman–Crippen MR) is 113 cm³/mol. The van der Waals surface area contributed by atoms with Crippen LogP contribution in [0.4, 0.5) is 4.79 Å². The predicted octanol–water partition coefficient (Wildman–Crippen LogP) is 4.95. The Bertz CT molecular complexity index is 738. The van der Waals surface area contributed by atoms with Crippen molar-refractivity contribution in [3.8, 4) is 5.75 Å². The van der Waals surface area contributed by atoms with Gasteiger partial charge in [0, 0.05) is 5.70 Å². The van der Waals surface area contributed by atoms with Gasteiger partial charge >= 0.3 is 12.0 Å². The van der Waals surface area contributed by atoms with Crippen LogP contribution in [0.25, 0.3) is 0 Å². The van der Waals surface area contributed by atoms with E-state index >= 15 is 0 Å². The number of hydrogen-bond donors (Lipinski definition) is 3. The van der Waals surface area contributed by atoms with Crippen molar-refractivity contribution in [3.63, 3.8) is 0 Å². The lowest BCUT2D eigenvalue weighted by Gasteiger charge is -2.32. The van der Waals surface area contributed by atoms with E-state index < -0.39 is 12.0 Å². The first-order chi connectivity index (χ1) is 14.0. The minimum atomic E-state index is -0.646. The summed E-state index contributed by atoms with van der Waals surface area (Å²) in [5.41, 5.74) is 1.62. The van der Waals surface area contributed by atoms with Gasteiger partial charge in [0.15, 0.2) is 0 Å². The van der Waals surface area contributed by atoms with Gasteiger partial charge in [-0.2, -0.15) is 0 Å². The van der Waals surface area contributed by atoms with E-state index in [4.69, 9.17) is 4.74 Å². The highest BCUT2D eigenvalue weighted by atomic mass is 16.5. The van der Waals surface area contributed by atoms with Gasteiger partial charge in [-0.25, -0.2) is 9.59 Å². The number of aromatic hydroxyl groups is 1. The largest absolute Gasteiger partial charge is 0.508 e. The Balaban J connectivity index is 0.00000145. The fraction of sp³-hybridized carbons (Fsp3) is 0.565. The van der Waals surface area contributed by atoms with Crippen LogP contribution in [-0.4, -0.2) is 23.2 Å². The number of phenols is 1. The second kappa shape index (κ2) is 10.9. The fourth-order valence-electron chi connectivity index (χ4n) is 4.02. The highest BCUT2D eigenvalue weighted by molar-refractivity contribution is 5.95. The van der Waals surface area contributed by atoms with E-state index in [1.165, 1.54) is 19.3 Å².